The van der Waals surface area contributed by atoms with Crippen LogP contribution >= 0.6 is 0 Å². The van der Waals surface area contributed by atoms with E-state index in [9.17, 15) is 9.90 Å². The molecule has 3 rings (SSSR count). The monoisotopic (exact) mass is 269 g/mol. The number of aromatic hydroxyl groups is 1. The Kier molecular flexibility index (Phi) is 3.06. The van der Waals surface area contributed by atoms with Crippen LogP contribution in [0.1, 0.15) is 17.0 Å². The van der Waals surface area contributed by atoms with Gasteiger partial charge in [0.2, 0.25) is 5.91 Å². The number of ether oxygens (including phenoxy) is 1. The molecule has 0 aromatic heterocycles. The molecule has 0 bridgehead atoms. The third kappa shape index (κ3) is 2.09. The van der Waals surface area contributed by atoms with Gasteiger partial charge in [-0.25, -0.2) is 0 Å². The third-order valence-corrected chi connectivity index (χ3v) is 3.51. The van der Waals surface area contributed by atoms with E-state index in [-0.39, 0.29) is 17.6 Å². The highest BCUT2D eigenvalue weighted by atomic mass is 16.5. The molecule has 0 radical (unpaired) electrons. The Morgan fingerprint density at radius 2 is 2.05 bits per heavy atom. The molecule has 1 aliphatic rings. The number of hydrogen-bond acceptors (Lipinski definition) is 3. The highest BCUT2D eigenvalue weighted by Gasteiger charge is 2.30. The smallest absolute Gasteiger partial charge is 0.235 e. The number of phenols is 1. The number of fused-ring (bicyclic) bond motifs is 1. The number of rotatable bonds is 2. The number of amides is 1. The average molecular weight is 269 g/mol. The van der Waals surface area contributed by atoms with Crippen molar-refractivity contribution in [1.82, 2.24) is 0 Å². The first-order valence-corrected chi connectivity index (χ1v) is 6.48. The first-order valence-electron chi connectivity index (χ1n) is 6.48. The molecule has 102 valence electrons. The Hall–Kier alpha value is -2.49. The third-order valence-electron chi connectivity index (χ3n) is 3.51. The van der Waals surface area contributed by atoms with E-state index in [4.69, 9.17) is 4.74 Å². The SMILES string of the molecule is Cc1cccc(NC(=O)C2COc3ccccc32)c1O. The molecule has 2 aromatic rings. The number of carbonyl (C=O) groups is 1. The van der Waals surface area contributed by atoms with Crippen LogP contribution in [-0.2, 0) is 4.79 Å². The lowest BCUT2D eigenvalue weighted by molar-refractivity contribution is -0.117. The van der Waals surface area contributed by atoms with E-state index in [1.807, 2.05) is 24.3 Å². The van der Waals surface area contributed by atoms with E-state index in [2.05, 4.69) is 5.32 Å². The maximum Gasteiger partial charge on any atom is 0.235 e. The van der Waals surface area contributed by atoms with Gasteiger partial charge in [-0.15, -0.1) is 0 Å². The molecule has 1 unspecified atom stereocenters. The number of nitrogens with one attached hydrogen (secondary N) is 1. The van der Waals surface area contributed by atoms with Gasteiger partial charge in [0.1, 0.15) is 24.0 Å². The Labute approximate surface area is 117 Å². The molecule has 0 saturated heterocycles. The second-order valence-electron chi connectivity index (χ2n) is 4.86. The van der Waals surface area contributed by atoms with Gasteiger partial charge in [0.05, 0.1) is 5.69 Å². The number of phenolic OH excluding ortho intramolecular Hbond substituents is 1. The predicted octanol–water partition coefficient (Wildman–Crippen LogP) is 2.82. The molecule has 0 fully saturated rings. The molecule has 4 nitrogen and oxygen atoms in total. The fourth-order valence-electron chi connectivity index (χ4n) is 2.36. The van der Waals surface area contributed by atoms with Crippen molar-refractivity contribution in [3.05, 3.63) is 53.6 Å². The van der Waals surface area contributed by atoms with Crippen LogP contribution in [0.25, 0.3) is 0 Å². The van der Waals surface area contributed by atoms with Crippen molar-refractivity contribution in [2.45, 2.75) is 12.8 Å². The predicted molar refractivity (Wildman–Crippen MR) is 76.2 cm³/mol. The Balaban J connectivity index is 1.83. The number of hydrogen-bond donors (Lipinski definition) is 2. The molecule has 2 N–H and O–H groups in total. The minimum Gasteiger partial charge on any atom is -0.505 e. The maximum atomic E-state index is 12.3. The van der Waals surface area contributed by atoms with E-state index in [1.165, 1.54) is 0 Å². The highest BCUT2D eigenvalue weighted by Crippen LogP contribution is 2.35. The quantitative estimate of drug-likeness (QED) is 0.824. The van der Waals surface area contributed by atoms with Crippen molar-refractivity contribution in [3.63, 3.8) is 0 Å². The summed E-state index contributed by atoms with van der Waals surface area (Å²) >= 11 is 0. The van der Waals surface area contributed by atoms with Gasteiger partial charge in [0.25, 0.3) is 0 Å². The number of carbonyl (C=O) groups excluding carboxylic acids is 1. The van der Waals surface area contributed by atoms with E-state index >= 15 is 0 Å². The van der Waals surface area contributed by atoms with Crippen molar-refractivity contribution in [1.29, 1.82) is 0 Å². The van der Waals surface area contributed by atoms with E-state index in [0.29, 0.717) is 12.3 Å². The topological polar surface area (TPSA) is 58.6 Å². The summed E-state index contributed by atoms with van der Waals surface area (Å²) in [5, 5.41) is 12.7. The van der Waals surface area contributed by atoms with Gasteiger partial charge < -0.3 is 15.2 Å². The molecule has 1 amide bonds. The summed E-state index contributed by atoms with van der Waals surface area (Å²) in [6, 6.07) is 12.8. The van der Waals surface area contributed by atoms with Crippen LogP contribution in [0, 0.1) is 6.92 Å². The van der Waals surface area contributed by atoms with Crippen molar-refractivity contribution < 1.29 is 14.6 Å². The van der Waals surface area contributed by atoms with Crippen molar-refractivity contribution >= 4 is 11.6 Å². The summed E-state index contributed by atoms with van der Waals surface area (Å²) < 4.78 is 5.50. The van der Waals surface area contributed by atoms with Gasteiger partial charge >= 0.3 is 0 Å². The standard InChI is InChI=1S/C16H15NO3/c1-10-5-4-7-13(15(10)18)17-16(19)12-9-20-14-8-3-2-6-11(12)14/h2-8,12,18H,9H2,1H3,(H,17,19). The second kappa shape index (κ2) is 4.89. The Bertz CT molecular complexity index is 667. The van der Waals surface area contributed by atoms with Crippen LogP contribution in [-0.4, -0.2) is 17.6 Å². The van der Waals surface area contributed by atoms with Gasteiger partial charge in [-0.2, -0.15) is 0 Å². The molecule has 0 spiro atoms. The van der Waals surface area contributed by atoms with Crippen LogP contribution in [0.4, 0.5) is 5.69 Å². The average Bonchev–Trinajstić information content (AvgIpc) is 2.88. The molecule has 0 aliphatic carbocycles. The second-order valence-corrected chi connectivity index (χ2v) is 4.86. The summed E-state index contributed by atoms with van der Waals surface area (Å²) in [4.78, 5) is 12.3. The molecular formula is C16H15NO3. The molecule has 1 aliphatic heterocycles. The summed E-state index contributed by atoms with van der Waals surface area (Å²) in [6.45, 7) is 2.12. The largest absolute Gasteiger partial charge is 0.505 e. The van der Waals surface area contributed by atoms with Gasteiger partial charge in [0, 0.05) is 5.56 Å². The number of para-hydroxylation sites is 2. The minimum atomic E-state index is -0.342. The van der Waals surface area contributed by atoms with Crippen LogP contribution in [0.2, 0.25) is 0 Å². The number of anilines is 1. The number of aryl methyl sites for hydroxylation is 1. The molecule has 20 heavy (non-hydrogen) atoms. The Morgan fingerprint density at radius 3 is 2.90 bits per heavy atom. The lowest BCUT2D eigenvalue weighted by atomic mass is 10.0. The summed E-state index contributed by atoms with van der Waals surface area (Å²) in [7, 11) is 0. The zero-order valence-electron chi connectivity index (χ0n) is 11.1. The van der Waals surface area contributed by atoms with E-state index in [1.54, 1.807) is 25.1 Å². The van der Waals surface area contributed by atoms with Crippen molar-refractivity contribution in [2.24, 2.45) is 0 Å². The Morgan fingerprint density at radius 1 is 1.25 bits per heavy atom. The summed E-state index contributed by atoms with van der Waals surface area (Å²) in [5.41, 5.74) is 2.04. The maximum absolute atomic E-state index is 12.3. The minimum absolute atomic E-state index is 0.105. The highest BCUT2D eigenvalue weighted by molar-refractivity contribution is 5.98. The summed E-state index contributed by atoms with van der Waals surface area (Å²) in [6.07, 6.45) is 0. The van der Waals surface area contributed by atoms with Crippen LogP contribution in [0.15, 0.2) is 42.5 Å². The number of benzene rings is 2. The lowest BCUT2D eigenvalue weighted by Crippen LogP contribution is -2.22. The van der Waals surface area contributed by atoms with Gasteiger partial charge in [-0.1, -0.05) is 30.3 Å². The molecular weight excluding hydrogens is 254 g/mol. The normalized spacial score (nSPS) is 16.4. The molecule has 0 saturated carbocycles. The molecule has 4 heteroatoms. The fraction of sp³-hybridized carbons (Fsp3) is 0.188. The van der Waals surface area contributed by atoms with Crippen molar-refractivity contribution in [3.8, 4) is 11.5 Å². The fourth-order valence-corrected chi connectivity index (χ4v) is 2.36. The van der Waals surface area contributed by atoms with Crippen LogP contribution in [0.5, 0.6) is 11.5 Å². The van der Waals surface area contributed by atoms with Gasteiger partial charge in [0.15, 0.2) is 0 Å². The first-order chi connectivity index (χ1) is 9.66. The zero-order chi connectivity index (χ0) is 14.1. The van der Waals surface area contributed by atoms with E-state index < -0.39 is 0 Å². The molecule has 2 aromatic carbocycles. The molecule has 1 atom stereocenters. The molecule has 1 heterocycles. The lowest BCUT2D eigenvalue weighted by Gasteiger charge is -2.12. The van der Waals surface area contributed by atoms with Crippen molar-refractivity contribution in [2.75, 3.05) is 11.9 Å². The van der Waals surface area contributed by atoms with Crippen LogP contribution < -0.4 is 10.1 Å². The first kappa shape index (κ1) is 12.5. The van der Waals surface area contributed by atoms with Gasteiger partial charge in [-0.05, 0) is 24.6 Å². The van der Waals surface area contributed by atoms with E-state index in [0.717, 1.165) is 16.9 Å². The van der Waals surface area contributed by atoms with Gasteiger partial charge in [-0.3, -0.25) is 4.79 Å². The van der Waals surface area contributed by atoms with Crippen LogP contribution in [0.3, 0.4) is 0 Å². The zero-order valence-corrected chi connectivity index (χ0v) is 11.1. The summed E-state index contributed by atoms with van der Waals surface area (Å²) in [5.74, 6) is 0.344.